The van der Waals surface area contributed by atoms with Gasteiger partial charge in [-0.25, -0.2) is 9.13 Å². The molecule has 2 nitrogen and oxygen atoms in total. The van der Waals surface area contributed by atoms with E-state index in [-0.39, 0.29) is 0 Å². The number of hydrogen-bond acceptors (Lipinski definition) is 0. The molecule has 1 rings (SSSR count). The van der Waals surface area contributed by atoms with E-state index >= 15 is 0 Å². The van der Waals surface area contributed by atoms with E-state index in [1.165, 1.54) is 102 Å². The minimum atomic E-state index is 1.10. The standard InChI is InChI=1S/C23H45N2/c1-4-7-8-9-10-11-12-13-14-15-16-17-18-19-20-23-24(5-2)21-22-25(23)6-3/h21-22H,4-20H2,1-3H3/q+1. The first kappa shape index (κ1) is 22.3. The molecule has 1 heterocycles. The van der Waals surface area contributed by atoms with Gasteiger partial charge in [0.2, 0.25) is 0 Å². The number of aromatic nitrogens is 2. The lowest BCUT2D eigenvalue weighted by molar-refractivity contribution is -0.700. The monoisotopic (exact) mass is 349 g/mol. The van der Waals surface area contributed by atoms with E-state index < -0.39 is 0 Å². The normalized spacial score (nSPS) is 11.3. The summed E-state index contributed by atoms with van der Waals surface area (Å²) >= 11 is 0. The number of hydrogen-bond donors (Lipinski definition) is 0. The van der Waals surface area contributed by atoms with Crippen molar-refractivity contribution in [1.82, 2.24) is 4.57 Å². The van der Waals surface area contributed by atoms with E-state index in [0.29, 0.717) is 0 Å². The van der Waals surface area contributed by atoms with Crippen molar-refractivity contribution < 1.29 is 4.57 Å². The molecule has 146 valence electrons. The molecule has 0 N–H and O–H groups in total. The largest absolute Gasteiger partial charge is 0.256 e. The highest BCUT2D eigenvalue weighted by Crippen LogP contribution is 2.13. The lowest BCUT2D eigenvalue weighted by Crippen LogP contribution is -2.35. The molecule has 0 spiro atoms. The lowest BCUT2D eigenvalue weighted by atomic mass is 10.0. The number of rotatable bonds is 17. The maximum Gasteiger partial charge on any atom is 0.256 e. The zero-order valence-corrected chi connectivity index (χ0v) is 17.6. The summed E-state index contributed by atoms with van der Waals surface area (Å²) < 4.78 is 4.82. The summed E-state index contributed by atoms with van der Waals surface area (Å²) in [5.74, 6) is 1.52. The fourth-order valence-electron chi connectivity index (χ4n) is 3.84. The summed E-state index contributed by atoms with van der Waals surface area (Å²) in [6.45, 7) is 8.98. The Labute approximate surface area is 158 Å². The smallest absolute Gasteiger partial charge is 0.235 e. The van der Waals surface area contributed by atoms with Crippen LogP contribution < -0.4 is 4.57 Å². The van der Waals surface area contributed by atoms with Crippen molar-refractivity contribution >= 4 is 0 Å². The molecule has 0 bridgehead atoms. The van der Waals surface area contributed by atoms with Crippen LogP contribution in [0.4, 0.5) is 0 Å². The molecule has 25 heavy (non-hydrogen) atoms. The minimum Gasteiger partial charge on any atom is -0.235 e. The van der Waals surface area contributed by atoms with E-state index in [0.717, 1.165) is 13.1 Å². The molecule has 0 fully saturated rings. The molecule has 1 aromatic rings. The molecule has 2 heteroatoms. The van der Waals surface area contributed by atoms with Crippen LogP contribution in [-0.2, 0) is 19.5 Å². The van der Waals surface area contributed by atoms with Crippen molar-refractivity contribution in [3.8, 4) is 0 Å². The Hall–Kier alpha value is -0.790. The van der Waals surface area contributed by atoms with E-state index in [1.54, 1.807) is 0 Å². The molecule has 0 aliphatic rings. The van der Waals surface area contributed by atoms with Crippen LogP contribution in [0.1, 0.15) is 116 Å². The topological polar surface area (TPSA) is 8.81 Å². The fourth-order valence-corrected chi connectivity index (χ4v) is 3.84. The van der Waals surface area contributed by atoms with Crippen molar-refractivity contribution in [1.29, 1.82) is 0 Å². The Balaban J connectivity index is 1.90. The number of aryl methyl sites for hydroxylation is 2. The van der Waals surface area contributed by atoms with Crippen LogP contribution in [0, 0.1) is 0 Å². The summed E-state index contributed by atoms with van der Waals surface area (Å²) in [5, 5.41) is 0. The third kappa shape index (κ3) is 10.1. The van der Waals surface area contributed by atoms with Gasteiger partial charge in [0.1, 0.15) is 12.4 Å². The van der Waals surface area contributed by atoms with Crippen LogP contribution in [0.2, 0.25) is 0 Å². The molecular formula is C23H45N2+. The fraction of sp³-hybridized carbons (Fsp3) is 0.870. The summed E-state index contributed by atoms with van der Waals surface area (Å²) in [4.78, 5) is 0. The SMILES string of the molecule is CCCCCCCCCCCCCCCCc1n(CC)cc[n+]1CC. The molecule has 0 saturated heterocycles. The van der Waals surface area contributed by atoms with Gasteiger partial charge in [0.25, 0.3) is 5.82 Å². The van der Waals surface area contributed by atoms with Crippen LogP contribution in [0.5, 0.6) is 0 Å². The molecule has 0 unspecified atom stereocenters. The zero-order chi connectivity index (χ0) is 18.2. The van der Waals surface area contributed by atoms with Crippen LogP contribution in [0.3, 0.4) is 0 Å². The van der Waals surface area contributed by atoms with E-state index in [1.807, 2.05) is 0 Å². The van der Waals surface area contributed by atoms with Crippen molar-refractivity contribution in [2.75, 3.05) is 0 Å². The maximum atomic E-state index is 2.41. The Morgan fingerprint density at radius 3 is 1.60 bits per heavy atom. The van der Waals surface area contributed by atoms with Gasteiger partial charge in [0, 0.05) is 6.42 Å². The molecular weight excluding hydrogens is 304 g/mol. The Morgan fingerprint density at radius 2 is 1.16 bits per heavy atom. The lowest BCUT2D eigenvalue weighted by Gasteiger charge is -2.04. The van der Waals surface area contributed by atoms with Crippen molar-refractivity contribution in [2.45, 2.75) is 130 Å². The first-order chi connectivity index (χ1) is 12.3. The van der Waals surface area contributed by atoms with Crippen LogP contribution in [-0.4, -0.2) is 4.57 Å². The zero-order valence-electron chi connectivity index (χ0n) is 17.6. The van der Waals surface area contributed by atoms with Gasteiger partial charge >= 0.3 is 0 Å². The van der Waals surface area contributed by atoms with Crippen LogP contribution in [0.15, 0.2) is 12.4 Å². The van der Waals surface area contributed by atoms with Gasteiger partial charge in [-0.05, 0) is 20.3 Å². The van der Waals surface area contributed by atoms with Crippen molar-refractivity contribution in [3.05, 3.63) is 18.2 Å². The quantitative estimate of drug-likeness (QED) is 0.215. The predicted octanol–water partition coefficient (Wildman–Crippen LogP) is 6.84. The molecule has 0 amide bonds. The molecule has 0 aromatic carbocycles. The molecule has 0 aliphatic carbocycles. The predicted molar refractivity (Wildman–Crippen MR) is 110 cm³/mol. The highest BCUT2D eigenvalue weighted by atomic mass is 15.1. The Bertz CT molecular complexity index is 387. The second-order valence-electron chi connectivity index (χ2n) is 7.63. The van der Waals surface area contributed by atoms with Gasteiger partial charge < -0.3 is 0 Å². The molecule has 0 radical (unpaired) electrons. The van der Waals surface area contributed by atoms with Gasteiger partial charge in [0.15, 0.2) is 0 Å². The molecule has 0 saturated carbocycles. The maximum absolute atomic E-state index is 2.41. The van der Waals surface area contributed by atoms with E-state index in [4.69, 9.17) is 0 Å². The Kier molecular flexibility index (Phi) is 13.8. The highest BCUT2D eigenvalue weighted by Gasteiger charge is 2.13. The second kappa shape index (κ2) is 15.5. The first-order valence-electron chi connectivity index (χ1n) is 11.4. The highest BCUT2D eigenvalue weighted by molar-refractivity contribution is 4.83. The van der Waals surface area contributed by atoms with Crippen molar-refractivity contribution in [3.63, 3.8) is 0 Å². The first-order valence-corrected chi connectivity index (χ1v) is 11.4. The van der Waals surface area contributed by atoms with E-state index in [9.17, 15) is 0 Å². The Morgan fingerprint density at radius 1 is 0.680 bits per heavy atom. The summed E-state index contributed by atoms with van der Waals surface area (Å²) in [5.41, 5.74) is 0. The van der Waals surface area contributed by atoms with Crippen LogP contribution >= 0.6 is 0 Å². The number of nitrogens with zero attached hydrogens (tertiary/aromatic N) is 2. The summed E-state index contributed by atoms with van der Waals surface area (Å²) in [6, 6.07) is 0. The van der Waals surface area contributed by atoms with Gasteiger partial charge in [-0.1, -0.05) is 90.4 Å². The molecule has 1 aromatic heterocycles. The summed E-state index contributed by atoms with van der Waals surface area (Å²) in [7, 11) is 0. The van der Waals surface area contributed by atoms with Gasteiger partial charge in [0.05, 0.1) is 13.1 Å². The molecule has 0 aliphatic heterocycles. The minimum absolute atomic E-state index is 1.10. The number of imidazole rings is 1. The van der Waals surface area contributed by atoms with E-state index in [2.05, 4.69) is 42.3 Å². The average molecular weight is 350 g/mol. The van der Waals surface area contributed by atoms with Gasteiger partial charge in [-0.2, -0.15) is 0 Å². The molecule has 0 atom stereocenters. The third-order valence-electron chi connectivity index (χ3n) is 5.52. The average Bonchev–Trinajstić information content (AvgIpc) is 3.04. The summed E-state index contributed by atoms with van der Waals surface area (Å²) in [6.07, 6.45) is 25.9. The third-order valence-corrected chi connectivity index (χ3v) is 5.52. The van der Waals surface area contributed by atoms with Gasteiger partial charge in [-0.15, -0.1) is 0 Å². The number of unbranched alkanes of at least 4 members (excludes halogenated alkanes) is 13. The van der Waals surface area contributed by atoms with Gasteiger partial charge in [-0.3, -0.25) is 0 Å². The second-order valence-corrected chi connectivity index (χ2v) is 7.63. The van der Waals surface area contributed by atoms with Crippen molar-refractivity contribution in [2.24, 2.45) is 0 Å². The van der Waals surface area contributed by atoms with Crippen LogP contribution in [0.25, 0.3) is 0 Å².